The molecular formula is C18H19Cl2N5O. The Balaban J connectivity index is 1.70. The zero-order valence-corrected chi connectivity index (χ0v) is 16.1. The number of carbonyl (C=O) groups excluding carboxylic acids is 1. The Bertz CT molecular complexity index is 918. The molecule has 0 aliphatic rings. The molecule has 0 aliphatic heterocycles. The van der Waals surface area contributed by atoms with Crippen molar-refractivity contribution in [3.63, 3.8) is 0 Å². The molecule has 26 heavy (non-hydrogen) atoms. The lowest BCUT2D eigenvalue weighted by Gasteiger charge is -2.08. The van der Waals surface area contributed by atoms with Gasteiger partial charge in [-0.05, 0) is 32.0 Å². The molecule has 2 aromatic heterocycles. The second-order valence-electron chi connectivity index (χ2n) is 5.98. The van der Waals surface area contributed by atoms with Gasteiger partial charge in [-0.1, -0.05) is 23.2 Å². The van der Waals surface area contributed by atoms with Crippen LogP contribution in [0.3, 0.4) is 0 Å². The average molecular weight is 392 g/mol. The summed E-state index contributed by atoms with van der Waals surface area (Å²) in [5, 5.41) is 8.55. The number of carbonyl (C=O) groups is 1. The van der Waals surface area contributed by atoms with Gasteiger partial charge in [0.1, 0.15) is 0 Å². The molecule has 0 bridgehead atoms. The molecule has 0 unspecified atom stereocenters. The van der Waals surface area contributed by atoms with Gasteiger partial charge in [0.2, 0.25) is 5.91 Å². The van der Waals surface area contributed by atoms with Crippen molar-refractivity contribution in [2.75, 3.05) is 6.54 Å². The Labute approximate surface area is 161 Å². The smallest absolute Gasteiger partial charge is 0.224 e. The summed E-state index contributed by atoms with van der Waals surface area (Å²) in [6.07, 6.45) is 5.57. The summed E-state index contributed by atoms with van der Waals surface area (Å²) in [5.41, 5.74) is 3.33. The number of amides is 1. The van der Waals surface area contributed by atoms with E-state index in [-0.39, 0.29) is 12.3 Å². The number of halogens is 2. The molecule has 2 heterocycles. The summed E-state index contributed by atoms with van der Waals surface area (Å²) in [7, 11) is 0. The third-order valence-electron chi connectivity index (χ3n) is 4.17. The summed E-state index contributed by atoms with van der Waals surface area (Å²) in [5.74, 6) is -0.0435. The van der Waals surface area contributed by atoms with Crippen molar-refractivity contribution in [3.05, 3.63) is 63.9 Å². The number of rotatable bonds is 6. The first-order valence-electron chi connectivity index (χ1n) is 8.18. The number of aryl methyl sites for hydroxylation is 1. The number of nitrogens with zero attached hydrogens (tertiary/aromatic N) is 4. The lowest BCUT2D eigenvalue weighted by Crippen LogP contribution is -2.28. The van der Waals surface area contributed by atoms with Gasteiger partial charge in [0.25, 0.3) is 0 Å². The first-order valence-corrected chi connectivity index (χ1v) is 8.94. The fourth-order valence-electron chi connectivity index (χ4n) is 2.78. The fraction of sp³-hybridized carbons (Fsp3) is 0.278. The highest BCUT2D eigenvalue weighted by atomic mass is 35.5. The summed E-state index contributed by atoms with van der Waals surface area (Å²) < 4.78 is 3.67. The summed E-state index contributed by atoms with van der Waals surface area (Å²) in [4.78, 5) is 16.3. The van der Waals surface area contributed by atoms with E-state index in [2.05, 4.69) is 15.4 Å². The minimum absolute atomic E-state index is 0.0435. The van der Waals surface area contributed by atoms with E-state index in [4.69, 9.17) is 23.2 Å². The molecular weight excluding hydrogens is 373 g/mol. The largest absolute Gasteiger partial charge is 0.354 e. The highest BCUT2D eigenvalue weighted by Crippen LogP contribution is 2.27. The van der Waals surface area contributed by atoms with Crippen molar-refractivity contribution in [3.8, 4) is 5.69 Å². The molecule has 6 nitrogen and oxygen atoms in total. The first-order chi connectivity index (χ1) is 12.5. The molecule has 0 atom stereocenters. The molecule has 1 aromatic carbocycles. The van der Waals surface area contributed by atoms with Crippen molar-refractivity contribution in [1.82, 2.24) is 24.6 Å². The molecule has 3 rings (SSSR count). The van der Waals surface area contributed by atoms with Gasteiger partial charge in [-0.3, -0.25) is 4.79 Å². The van der Waals surface area contributed by atoms with Gasteiger partial charge in [0.15, 0.2) is 0 Å². The molecule has 1 N–H and O–H groups in total. The predicted octanol–water partition coefficient (Wildman–Crippen LogP) is 3.35. The van der Waals surface area contributed by atoms with Gasteiger partial charge in [-0.25, -0.2) is 9.67 Å². The van der Waals surface area contributed by atoms with Crippen LogP contribution >= 0.6 is 23.2 Å². The van der Waals surface area contributed by atoms with E-state index in [0.29, 0.717) is 23.1 Å². The molecule has 0 fully saturated rings. The van der Waals surface area contributed by atoms with Crippen LogP contribution in [0.15, 0.2) is 36.9 Å². The topological polar surface area (TPSA) is 64.7 Å². The van der Waals surface area contributed by atoms with Gasteiger partial charge in [0.05, 0.1) is 29.2 Å². The number of aromatic nitrogens is 4. The Morgan fingerprint density at radius 2 is 2.08 bits per heavy atom. The summed E-state index contributed by atoms with van der Waals surface area (Å²) in [6.45, 7) is 5.05. The minimum atomic E-state index is -0.0435. The van der Waals surface area contributed by atoms with Crippen molar-refractivity contribution in [1.29, 1.82) is 0 Å². The molecule has 0 aliphatic carbocycles. The van der Waals surface area contributed by atoms with Crippen LogP contribution in [0.1, 0.15) is 17.0 Å². The van der Waals surface area contributed by atoms with Gasteiger partial charge in [-0.2, -0.15) is 5.10 Å². The van der Waals surface area contributed by atoms with Crippen molar-refractivity contribution in [2.24, 2.45) is 0 Å². The van der Waals surface area contributed by atoms with Crippen LogP contribution in [-0.4, -0.2) is 31.8 Å². The summed E-state index contributed by atoms with van der Waals surface area (Å²) in [6, 6.07) is 5.26. The molecule has 3 aromatic rings. The summed E-state index contributed by atoms with van der Waals surface area (Å²) >= 11 is 12.3. The molecule has 0 spiro atoms. The van der Waals surface area contributed by atoms with Gasteiger partial charge in [0, 0.05) is 41.8 Å². The van der Waals surface area contributed by atoms with E-state index in [9.17, 15) is 4.79 Å². The Kier molecular flexibility index (Phi) is 5.64. The maximum absolute atomic E-state index is 12.3. The van der Waals surface area contributed by atoms with Gasteiger partial charge < -0.3 is 9.88 Å². The van der Waals surface area contributed by atoms with Gasteiger partial charge in [-0.15, -0.1) is 0 Å². The van der Waals surface area contributed by atoms with E-state index >= 15 is 0 Å². The highest BCUT2D eigenvalue weighted by molar-refractivity contribution is 6.35. The van der Waals surface area contributed by atoms with Crippen molar-refractivity contribution >= 4 is 29.1 Å². The van der Waals surface area contributed by atoms with Crippen LogP contribution in [0.2, 0.25) is 10.0 Å². The lowest BCUT2D eigenvalue weighted by molar-refractivity contribution is -0.120. The van der Waals surface area contributed by atoms with Crippen LogP contribution in [-0.2, 0) is 17.8 Å². The fourth-order valence-corrected chi connectivity index (χ4v) is 3.27. The zero-order chi connectivity index (χ0) is 18.7. The molecule has 8 heteroatoms. The first kappa shape index (κ1) is 18.5. The second kappa shape index (κ2) is 7.93. The van der Waals surface area contributed by atoms with Gasteiger partial charge >= 0.3 is 0 Å². The van der Waals surface area contributed by atoms with Crippen LogP contribution in [0.5, 0.6) is 0 Å². The lowest BCUT2D eigenvalue weighted by atomic mass is 10.1. The number of hydrogen-bond acceptors (Lipinski definition) is 3. The van der Waals surface area contributed by atoms with Crippen molar-refractivity contribution in [2.45, 2.75) is 26.8 Å². The third-order valence-corrected chi connectivity index (χ3v) is 4.71. The number of nitrogens with one attached hydrogen (secondary N) is 1. The van der Waals surface area contributed by atoms with Crippen LogP contribution in [0.4, 0.5) is 0 Å². The van der Waals surface area contributed by atoms with E-state index in [0.717, 1.165) is 22.6 Å². The molecule has 1 amide bonds. The van der Waals surface area contributed by atoms with E-state index in [1.807, 2.05) is 30.7 Å². The maximum Gasteiger partial charge on any atom is 0.224 e. The van der Waals surface area contributed by atoms with Crippen molar-refractivity contribution < 1.29 is 4.79 Å². The second-order valence-corrected chi connectivity index (χ2v) is 6.83. The Morgan fingerprint density at radius 1 is 1.27 bits per heavy atom. The predicted molar refractivity (Wildman–Crippen MR) is 102 cm³/mol. The monoisotopic (exact) mass is 391 g/mol. The van der Waals surface area contributed by atoms with E-state index in [1.54, 1.807) is 29.3 Å². The SMILES string of the molecule is Cc1nn(-c2ccc(Cl)cc2Cl)c(C)c1CC(=O)NCCn1ccnc1. The average Bonchev–Trinajstić information content (AvgIpc) is 3.19. The molecule has 0 radical (unpaired) electrons. The standard InChI is InChI=1S/C18H19Cl2N5O/c1-12-15(10-18(26)22-6-8-24-7-5-21-11-24)13(2)25(23-12)17-4-3-14(19)9-16(17)20/h3-5,7,9,11H,6,8,10H2,1-2H3,(H,22,26). The number of benzene rings is 1. The molecule has 0 saturated heterocycles. The number of imidazole rings is 1. The maximum atomic E-state index is 12.3. The van der Waals surface area contributed by atoms with Crippen LogP contribution < -0.4 is 5.32 Å². The van der Waals surface area contributed by atoms with Crippen LogP contribution in [0.25, 0.3) is 5.69 Å². The quantitative estimate of drug-likeness (QED) is 0.700. The molecule has 0 saturated carbocycles. The number of hydrogen-bond donors (Lipinski definition) is 1. The van der Waals surface area contributed by atoms with E-state index < -0.39 is 0 Å². The third kappa shape index (κ3) is 4.08. The zero-order valence-electron chi connectivity index (χ0n) is 14.5. The molecule has 136 valence electrons. The van der Waals surface area contributed by atoms with Crippen LogP contribution in [0, 0.1) is 13.8 Å². The van der Waals surface area contributed by atoms with E-state index in [1.165, 1.54) is 0 Å². The Hall–Kier alpha value is -2.31. The highest BCUT2D eigenvalue weighted by Gasteiger charge is 2.17. The normalized spacial score (nSPS) is 10.9. The minimum Gasteiger partial charge on any atom is -0.354 e. The Morgan fingerprint density at radius 3 is 2.77 bits per heavy atom.